The molecule has 5 rings (SSSR count). The highest BCUT2D eigenvalue weighted by atomic mass is 35.5. The molecule has 0 aliphatic carbocycles. The topological polar surface area (TPSA) is 36.4 Å². The second kappa shape index (κ2) is 14.4. The number of fused-ring (bicyclic) bond motifs is 1. The molecule has 6 heteroatoms. The predicted molar refractivity (Wildman–Crippen MR) is 153 cm³/mol. The first-order valence-electron chi connectivity index (χ1n) is 13.6. The van der Waals surface area contributed by atoms with Crippen molar-refractivity contribution >= 4 is 28.4 Å². The van der Waals surface area contributed by atoms with Crippen molar-refractivity contribution in [2.45, 2.75) is 59.4 Å². The molecule has 0 N–H and O–H groups in total. The Bertz CT molecular complexity index is 1140. The minimum absolute atomic E-state index is 0.0994. The smallest absolute Gasteiger partial charge is 0.254 e. The van der Waals surface area contributed by atoms with E-state index >= 15 is 0 Å². The number of rotatable bonds is 3. The fraction of sp³-hybridized carbons (Fsp3) is 0.484. The van der Waals surface area contributed by atoms with Crippen molar-refractivity contribution in [2.75, 3.05) is 32.9 Å². The van der Waals surface area contributed by atoms with Gasteiger partial charge < -0.3 is 4.90 Å². The Kier molecular flexibility index (Phi) is 11.3. The lowest BCUT2D eigenvalue weighted by Gasteiger charge is -2.42. The summed E-state index contributed by atoms with van der Waals surface area (Å²) in [5.74, 6) is 0.300. The van der Waals surface area contributed by atoms with E-state index in [9.17, 15) is 9.18 Å². The van der Waals surface area contributed by atoms with E-state index in [-0.39, 0.29) is 18.5 Å². The standard InChI is InChI=1S/C21H26FN3O.C8H9Cl.C2H6/c22-14-16-4-3-11-25(15-16)17-8-12-24(13-9-17)21(26)19-7-10-23-20-6-2-1-5-18(19)20;1-6-3-4-7(2)8(9)5-6;1-2/h1-2,5-7,10,16-17H,3-4,8-9,11-15H2;3-5H,1-2H3;1-2H3/t16-;;/m1../s1. The number of nitrogens with zero attached hydrogens (tertiary/aromatic N) is 3. The number of pyridine rings is 1. The number of piperidine rings is 2. The number of hydrogen-bond donors (Lipinski definition) is 0. The number of amides is 1. The summed E-state index contributed by atoms with van der Waals surface area (Å²) >= 11 is 5.81. The number of carbonyl (C=O) groups excluding carboxylic acids is 1. The van der Waals surface area contributed by atoms with E-state index in [4.69, 9.17) is 11.6 Å². The summed E-state index contributed by atoms with van der Waals surface area (Å²) in [6.07, 6.45) is 5.78. The van der Waals surface area contributed by atoms with Gasteiger partial charge in [-0.3, -0.25) is 19.1 Å². The first-order chi connectivity index (χ1) is 18.0. The molecular formula is C31H41ClFN3O. The van der Waals surface area contributed by atoms with Crippen molar-refractivity contribution in [1.29, 1.82) is 0 Å². The number of aryl methyl sites for hydroxylation is 2. The number of hydrogen-bond acceptors (Lipinski definition) is 3. The molecule has 3 aromatic rings. The molecule has 2 aromatic carbocycles. The molecule has 0 radical (unpaired) electrons. The Morgan fingerprint density at radius 2 is 1.76 bits per heavy atom. The summed E-state index contributed by atoms with van der Waals surface area (Å²) < 4.78 is 13.0. The number of halogens is 2. The predicted octanol–water partition coefficient (Wildman–Crippen LogP) is 7.50. The van der Waals surface area contributed by atoms with Crippen LogP contribution in [0.4, 0.5) is 4.39 Å². The van der Waals surface area contributed by atoms with Gasteiger partial charge in [-0.15, -0.1) is 0 Å². The third-order valence-corrected chi connectivity index (χ3v) is 7.65. The highest BCUT2D eigenvalue weighted by Crippen LogP contribution is 2.26. The number of aromatic nitrogens is 1. The van der Waals surface area contributed by atoms with E-state index in [0.29, 0.717) is 6.04 Å². The van der Waals surface area contributed by atoms with Crippen molar-refractivity contribution in [1.82, 2.24) is 14.8 Å². The van der Waals surface area contributed by atoms with E-state index in [1.807, 2.05) is 75.1 Å². The largest absolute Gasteiger partial charge is 0.339 e. The molecule has 0 bridgehead atoms. The maximum atomic E-state index is 13.0. The van der Waals surface area contributed by atoms with Crippen molar-refractivity contribution in [2.24, 2.45) is 5.92 Å². The summed E-state index contributed by atoms with van der Waals surface area (Å²) in [6, 6.07) is 16.2. The van der Waals surface area contributed by atoms with Crippen LogP contribution in [0.25, 0.3) is 10.9 Å². The van der Waals surface area contributed by atoms with Crippen LogP contribution in [-0.2, 0) is 0 Å². The minimum atomic E-state index is -0.205. The second-order valence-electron chi connectivity index (χ2n) is 9.81. The van der Waals surface area contributed by atoms with Crippen LogP contribution in [0.15, 0.2) is 54.7 Å². The second-order valence-corrected chi connectivity index (χ2v) is 10.2. The van der Waals surface area contributed by atoms with Crippen LogP contribution in [-0.4, -0.2) is 59.6 Å². The Balaban J connectivity index is 0.000000291. The molecule has 2 fully saturated rings. The van der Waals surface area contributed by atoms with Gasteiger partial charge in [0, 0.05) is 48.2 Å². The average molecular weight is 526 g/mol. The van der Waals surface area contributed by atoms with Crippen molar-refractivity contribution in [3.8, 4) is 0 Å². The lowest BCUT2D eigenvalue weighted by Crippen LogP contribution is -2.49. The zero-order valence-corrected chi connectivity index (χ0v) is 23.5. The molecule has 1 atom stereocenters. The average Bonchev–Trinajstić information content (AvgIpc) is 2.96. The van der Waals surface area contributed by atoms with Gasteiger partial charge >= 0.3 is 0 Å². The van der Waals surface area contributed by atoms with Crippen LogP contribution in [0.2, 0.25) is 5.02 Å². The SMILES string of the molecule is CC.Cc1ccc(C)c(Cl)c1.O=C(c1ccnc2ccccc12)N1CCC(N2CCC[C@H](CF)C2)CC1. The lowest BCUT2D eigenvalue weighted by atomic mass is 9.94. The van der Waals surface area contributed by atoms with Gasteiger partial charge in [0.2, 0.25) is 0 Å². The number of alkyl halides is 1. The summed E-state index contributed by atoms with van der Waals surface area (Å²) in [6.45, 7) is 11.3. The van der Waals surface area contributed by atoms with Gasteiger partial charge in [0.1, 0.15) is 0 Å². The minimum Gasteiger partial charge on any atom is -0.339 e. The molecule has 2 aliphatic heterocycles. The van der Waals surface area contributed by atoms with Crippen LogP contribution in [0.1, 0.15) is 61.0 Å². The third-order valence-electron chi connectivity index (χ3n) is 7.24. The molecule has 0 spiro atoms. The molecule has 200 valence electrons. The highest BCUT2D eigenvalue weighted by Gasteiger charge is 2.30. The van der Waals surface area contributed by atoms with Crippen molar-refractivity contribution in [3.05, 3.63) is 76.4 Å². The van der Waals surface area contributed by atoms with Gasteiger partial charge in [-0.1, -0.05) is 55.8 Å². The van der Waals surface area contributed by atoms with Gasteiger partial charge in [0.05, 0.1) is 17.8 Å². The normalized spacial score (nSPS) is 18.4. The highest BCUT2D eigenvalue weighted by molar-refractivity contribution is 6.31. The van der Waals surface area contributed by atoms with Gasteiger partial charge in [0.15, 0.2) is 0 Å². The zero-order valence-electron chi connectivity index (χ0n) is 22.7. The van der Waals surface area contributed by atoms with Crippen molar-refractivity contribution < 1.29 is 9.18 Å². The number of likely N-dealkylation sites (tertiary alicyclic amines) is 2. The molecule has 1 amide bonds. The molecule has 1 aromatic heterocycles. The van der Waals surface area contributed by atoms with E-state index in [0.717, 1.165) is 78.9 Å². The van der Waals surface area contributed by atoms with Crippen molar-refractivity contribution in [3.63, 3.8) is 0 Å². The first kappa shape index (κ1) is 29.1. The number of para-hydroxylation sites is 1. The van der Waals surface area contributed by atoms with Gasteiger partial charge in [0.25, 0.3) is 5.91 Å². The van der Waals surface area contributed by atoms with Gasteiger partial charge in [-0.25, -0.2) is 0 Å². The maximum absolute atomic E-state index is 13.0. The Labute approximate surface area is 226 Å². The van der Waals surface area contributed by atoms with Crippen LogP contribution in [0.3, 0.4) is 0 Å². The molecule has 3 heterocycles. The summed E-state index contributed by atoms with van der Waals surface area (Å²) in [4.78, 5) is 21.8. The van der Waals surface area contributed by atoms with E-state index in [1.54, 1.807) is 6.20 Å². The van der Waals surface area contributed by atoms with Crippen LogP contribution >= 0.6 is 11.6 Å². The molecule has 2 saturated heterocycles. The van der Waals surface area contributed by atoms with E-state index in [2.05, 4.69) is 16.0 Å². The molecule has 0 unspecified atom stereocenters. The summed E-state index contributed by atoms with van der Waals surface area (Å²) in [7, 11) is 0. The molecular weight excluding hydrogens is 485 g/mol. The number of carbonyl (C=O) groups is 1. The third kappa shape index (κ3) is 7.75. The molecule has 0 saturated carbocycles. The lowest BCUT2D eigenvalue weighted by molar-refractivity contribution is 0.0507. The first-order valence-corrected chi connectivity index (χ1v) is 14.0. The Hall–Kier alpha value is -2.50. The fourth-order valence-electron chi connectivity index (χ4n) is 5.14. The Morgan fingerprint density at radius 3 is 2.43 bits per heavy atom. The Morgan fingerprint density at radius 1 is 1.03 bits per heavy atom. The molecule has 4 nitrogen and oxygen atoms in total. The monoisotopic (exact) mass is 525 g/mol. The zero-order chi connectivity index (χ0) is 26.8. The number of benzene rings is 2. The maximum Gasteiger partial charge on any atom is 0.254 e. The molecule has 2 aliphatic rings. The van der Waals surface area contributed by atoms with Crippen LogP contribution in [0.5, 0.6) is 0 Å². The van der Waals surface area contributed by atoms with Gasteiger partial charge in [-0.05, 0) is 75.4 Å². The van der Waals surface area contributed by atoms with Crippen LogP contribution < -0.4 is 0 Å². The molecule has 37 heavy (non-hydrogen) atoms. The van der Waals surface area contributed by atoms with E-state index in [1.165, 1.54) is 5.56 Å². The summed E-state index contributed by atoms with van der Waals surface area (Å²) in [5, 5.41) is 1.78. The quantitative estimate of drug-likeness (QED) is 0.355. The van der Waals surface area contributed by atoms with E-state index < -0.39 is 0 Å². The van der Waals surface area contributed by atoms with Crippen LogP contribution in [0, 0.1) is 19.8 Å². The fourth-order valence-corrected chi connectivity index (χ4v) is 5.37. The van der Waals surface area contributed by atoms with Gasteiger partial charge in [-0.2, -0.15) is 0 Å². The summed E-state index contributed by atoms with van der Waals surface area (Å²) in [5.41, 5.74) is 3.95.